The van der Waals surface area contributed by atoms with Crippen LogP contribution in [-0.4, -0.2) is 42.3 Å². The van der Waals surface area contributed by atoms with E-state index in [4.69, 9.17) is 9.47 Å². The summed E-state index contributed by atoms with van der Waals surface area (Å²) in [7, 11) is 0. The Bertz CT molecular complexity index is 602. The molecule has 5 heteroatoms. The highest BCUT2D eigenvalue weighted by molar-refractivity contribution is 5.76. The van der Waals surface area contributed by atoms with Crippen LogP contribution in [0.1, 0.15) is 24.8 Å². The number of benzene rings is 1. The Labute approximate surface area is 129 Å². The summed E-state index contributed by atoms with van der Waals surface area (Å²) in [5.41, 5.74) is 0.573. The predicted molar refractivity (Wildman–Crippen MR) is 80.1 cm³/mol. The molecule has 0 amide bonds. The van der Waals surface area contributed by atoms with Crippen LogP contribution in [0, 0.1) is 11.3 Å². The van der Waals surface area contributed by atoms with Crippen molar-refractivity contribution in [3.8, 4) is 11.5 Å². The molecule has 1 aromatic carbocycles. The van der Waals surface area contributed by atoms with Crippen molar-refractivity contribution in [2.45, 2.75) is 25.8 Å². The second-order valence-electron chi connectivity index (χ2n) is 6.66. The smallest absolute Gasteiger partial charge is 0.311 e. The van der Waals surface area contributed by atoms with Gasteiger partial charge in [0.1, 0.15) is 13.2 Å². The van der Waals surface area contributed by atoms with Gasteiger partial charge in [0.25, 0.3) is 0 Å². The van der Waals surface area contributed by atoms with Gasteiger partial charge in [-0.05, 0) is 24.8 Å². The van der Waals surface area contributed by atoms with E-state index < -0.39 is 11.4 Å². The van der Waals surface area contributed by atoms with Gasteiger partial charge in [0, 0.05) is 25.2 Å². The van der Waals surface area contributed by atoms with Gasteiger partial charge in [0.2, 0.25) is 0 Å². The summed E-state index contributed by atoms with van der Waals surface area (Å²) in [4.78, 5) is 14.0. The molecule has 0 unspecified atom stereocenters. The van der Waals surface area contributed by atoms with Gasteiger partial charge >= 0.3 is 5.97 Å². The summed E-state index contributed by atoms with van der Waals surface area (Å²) >= 11 is 0. The van der Waals surface area contributed by atoms with E-state index in [0.29, 0.717) is 25.7 Å². The lowest BCUT2D eigenvalue weighted by atomic mass is 9.81. The summed E-state index contributed by atoms with van der Waals surface area (Å²) in [5.74, 6) is 1.31. The van der Waals surface area contributed by atoms with E-state index in [9.17, 15) is 9.90 Å². The standard InChI is InChI=1S/C17H21NO4/c19-16(20)17-6-2-4-13(17)10-18(11-17)9-12-3-1-5-14-15(12)22-8-7-21-14/h1,3,5,13H,2,4,6-11H2,(H,19,20)/t13-,17+/m0/s1. The monoisotopic (exact) mass is 303 g/mol. The van der Waals surface area contributed by atoms with Crippen LogP contribution in [0.3, 0.4) is 0 Å². The lowest BCUT2D eigenvalue weighted by molar-refractivity contribution is -0.149. The summed E-state index contributed by atoms with van der Waals surface area (Å²) < 4.78 is 11.4. The minimum Gasteiger partial charge on any atom is -0.486 e. The molecule has 2 aliphatic heterocycles. The average molecular weight is 303 g/mol. The van der Waals surface area contributed by atoms with Crippen LogP contribution in [0.2, 0.25) is 0 Å². The number of carboxylic acids is 1. The SMILES string of the molecule is O=C(O)[C@@]12CCC[C@H]1CN(Cc1cccc3c1OCCO3)C2. The van der Waals surface area contributed by atoms with Crippen LogP contribution < -0.4 is 9.47 Å². The Balaban J connectivity index is 1.55. The second-order valence-corrected chi connectivity index (χ2v) is 6.66. The highest BCUT2D eigenvalue weighted by atomic mass is 16.6. The quantitative estimate of drug-likeness (QED) is 0.927. The van der Waals surface area contributed by atoms with E-state index in [1.807, 2.05) is 12.1 Å². The van der Waals surface area contributed by atoms with Crippen molar-refractivity contribution in [3.63, 3.8) is 0 Å². The lowest BCUT2D eigenvalue weighted by Crippen LogP contribution is -2.35. The zero-order valence-corrected chi connectivity index (χ0v) is 12.6. The summed E-state index contributed by atoms with van der Waals surface area (Å²) in [5, 5.41) is 9.68. The molecule has 0 radical (unpaired) electrons. The third-order valence-corrected chi connectivity index (χ3v) is 5.41. The van der Waals surface area contributed by atoms with Crippen molar-refractivity contribution in [2.24, 2.45) is 11.3 Å². The molecule has 0 aromatic heterocycles. The predicted octanol–water partition coefficient (Wildman–Crippen LogP) is 2.14. The average Bonchev–Trinajstić information content (AvgIpc) is 3.05. The number of nitrogens with zero attached hydrogens (tertiary/aromatic N) is 1. The van der Waals surface area contributed by atoms with E-state index in [2.05, 4.69) is 11.0 Å². The fourth-order valence-corrected chi connectivity index (χ4v) is 4.36. The van der Waals surface area contributed by atoms with Gasteiger partial charge in [-0.1, -0.05) is 18.6 Å². The van der Waals surface area contributed by atoms with E-state index in [-0.39, 0.29) is 0 Å². The Morgan fingerprint density at radius 3 is 3.05 bits per heavy atom. The molecule has 2 fully saturated rings. The third kappa shape index (κ3) is 2.07. The molecule has 1 saturated heterocycles. The van der Waals surface area contributed by atoms with Gasteiger partial charge in [0.15, 0.2) is 11.5 Å². The molecular formula is C17H21NO4. The minimum atomic E-state index is -0.618. The molecule has 3 aliphatic rings. The van der Waals surface area contributed by atoms with Gasteiger partial charge in [-0.3, -0.25) is 9.69 Å². The second kappa shape index (κ2) is 5.16. The first-order chi connectivity index (χ1) is 10.7. The largest absolute Gasteiger partial charge is 0.486 e. The van der Waals surface area contributed by atoms with Crippen molar-refractivity contribution in [1.29, 1.82) is 0 Å². The van der Waals surface area contributed by atoms with Gasteiger partial charge in [-0.25, -0.2) is 0 Å². The molecule has 1 aromatic rings. The number of carboxylic acid groups (broad SMARTS) is 1. The van der Waals surface area contributed by atoms with Crippen molar-refractivity contribution < 1.29 is 19.4 Å². The minimum absolute atomic E-state index is 0.293. The number of carbonyl (C=O) groups is 1. The first kappa shape index (κ1) is 13.9. The molecule has 2 atom stereocenters. The fraction of sp³-hybridized carbons (Fsp3) is 0.588. The fourth-order valence-electron chi connectivity index (χ4n) is 4.36. The zero-order valence-electron chi connectivity index (χ0n) is 12.6. The summed E-state index contributed by atoms with van der Waals surface area (Å²) in [6.07, 6.45) is 2.90. The molecule has 118 valence electrons. The van der Waals surface area contributed by atoms with Crippen molar-refractivity contribution in [1.82, 2.24) is 4.90 Å². The molecule has 0 spiro atoms. The maximum Gasteiger partial charge on any atom is 0.311 e. The molecule has 2 heterocycles. The van der Waals surface area contributed by atoms with Crippen LogP contribution in [0.25, 0.3) is 0 Å². The highest BCUT2D eigenvalue weighted by Gasteiger charge is 2.54. The van der Waals surface area contributed by atoms with E-state index >= 15 is 0 Å². The first-order valence-electron chi connectivity index (χ1n) is 8.02. The van der Waals surface area contributed by atoms with Crippen molar-refractivity contribution in [3.05, 3.63) is 23.8 Å². The van der Waals surface area contributed by atoms with Crippen molar-refractivity contribution >= 4 is 5.97 Å². The first-order valence-corrected chi connectivity index (χ1v) is 8.02. The molecule has 1 N–H and O–H groups in total. The molecule has 1 saturated carbocycles. The topological polar surface area (TPSA) is 59.0 Å². The third-order valence-electron chi connectivity index (χ3n) is 5.41. The van der Waals surface area contributed by atoms with E-state index in [1.54, 1.807) is 0 Å². The Morgan fingerprint density at radius 1 is 1.36 bits per heavy atom. The summed E-state index contributed by atoms with van der Waals surface area (Å²) in [6, 6.07) is 5.96. The van der Waals surface area contributed by atoms with E-state index in [0.717, 1.165) is 49.4 Å². The van der Waals surface area contributed by atoms with Crippen LogP contribution in [-0.2, 0) is 11.3 Å². The zero-order chi connectivity index (χ0) is 15.2. The lowest BCUT2D eigenvalue weighted by Gasteiger charge is -2.25. The maximum absolute atomic E-state index is 11.8. The molecule has 0 bridgehead atoms. The van der Waals surface area contributed by atoms with Crippen LogP contribution in [0.4, 0.5) is 0 Å². The number of fused-ring (bicyclic) bond motifs is 2. The Hall–Kier alpha value is -1.75. The number of rotatable bonds is 3. The Kier molecular flexibility index (Phi) is 3.26. The number of ether oxygens (including phenoxy) is 2. The number of aliphatic carboxylic acids is 1. The number of hydrogen-bond donors (Lipinski definition) is 1. The van der Waals surface area contributed by atoms with Crippen LogP contribution in [0.15, 0.2) is 18.2 Å². The van der Waals surface area contributed by atoms with Gasteiger partial charge < -0.3 is 14.6 Å². The maximum atomic E-state index is 11.8. The molecule has 22 heavy (non-hydrogen) atoms. The molecule has 1 aliphatic carbocycles. The summed E-state index contributed by atoms with van der Waals surface area (Å²) in [6.45, 7) is 3.42. The van der Waals surface area contributed by atoms with Gasteiger partial charge in [0.05, 0.1) is 5.41 Å². The molecule has 4 rings (SSSR count). The normalized spacial score (nSPS) is 30.3. The van der Waals surface area contributed by atoms with Gasteiger partial charge in [-0.2, -0.15) is 0 Å². The molecular weight excluding hydrogens is 282 g/mol. The number of para-hydroxylation sites is 1. The van der Waals surface area contributed by atoms with Crippen LogP contribution in [0.5, 0.6) is 11.5 Å². The highest BCUT2D eigenvalue weighted by Crippen LogP contribution is 2.49. The Morgan fingerprint density at radius 2 is 2.23 bits per heavy atom. The number of likely N-dealkylation sites (tertiary alicyclic amines) is 1. The van der Waals surface area contributed by atoms with Crippen molar-refractivity contribution in [2.75, 3.05) is 26.3 Å². The van der Waals surface area contributed by atoms with E-state index in [1.165, 1.54) is 0 Å². The van der Waals surface area contributed by atoms with Crippen LogP contribution >= 0.6 is 0 Å². The number of hydrogen-bond acceptors (Lipinski definition) is 4. The van der Waals surface area contributed by atoms with Gasteiger partial charge in [-0.15, -0.1) is 0 Å². The molecule has 5 nitrogen and oxygen atoms in total.